The van der Waals surface area contributed by atoms with Crippen molar-refractivity contribution < 1.29 is 14.3 Å². The Morgan fingerprint density at radius 3 is 2.66 bits per heavy atom. The Hall–Kier alpha value is -3.06. The van der Waals surface area contributed by atoms with Gasteiger partial charge in [-0.3, -0.25) is 4.90 Å². The van der Waals surface area contributed by atoms with Crippen LogP contribution >= 0.6 is 11.6 Å². The highest BCUT2D eigenvalue weighted by Crippen LogP contribution is 2.29. The molecular formula is C21H21ClN4O3. The van der Waals surface area contributed by atoms with Gasteiger partial charge in [0.05, 0.1) is 18.3 Å². The molecular weight excluding hydrogens is 392 g/mol. The first kappa shape index (κ1) is 19.3. The van der Waals surface area contributed by atoms with Crippen LogP contribution in [0, 0.1) is 0 Å². The van der Waals surface area contributed by atoms with Gasteiger partial charge in [-0.2, -0.15) is 5.10 Å². The highest BCUT2D eigenvalue weighted by molar-refractivity contribution is 6.30. The molecule has 3 amide bonds. The van der Waals surface area contributed by atoms with E-state index in [0.717, 1.165) is 22.4 Å². The molecule has 1 unspecified atom stereocenters. The smallest absolute Gasteiger partial charge is 0.414 e. The Kier molecular flexibility index (Phi) is 5.15. The quantitative estimate of drug-likeness (QED) is 0.818. The molecule has 2 aromatic carbocycles. The first-order valence-corrected chi connectivity index (χ1v) is 9.79. The van der Waals surface area contributed by atoms with Crippen molar-refractivity contribution in [2.24, 2.45) is 5.10 Å². The summed E-state index contributed by atoms with van der Waals surface area (Å²) in [7, 11) is 1.58. The number of urea groups is 1. The van der Waals surface area contributed by atoms with E-state index in [1.54, 1.807) is 24.1 Å². The normalized spacial score (nSPS) is 18.7. The third-order valence-electron chi connectivity index (χ3n) is 5.10. The Morgan fingerprint density at radius 2 is 2.00 bits per heavy atom. The molecule has 2 aliphatic heterocycles. The molecule has 0 spiro atoms. The highest BCUT2D eigenvalue weighted by atomic mass is 35.5. The van der Waals surface area contributed by atoms with E-state index in [0.29, 0.717) is 30.3 Å². The van der Waals surface area contributed by atoms with Crippen molar-refractivity contribution in [1.82, 2.24) is 10.3 Å². The van der Waals surface area contributed by atoms with E-state index in [9.17, 15) is 9.59 Å². The molecule has 8 heteroatoms. The van der Waals surface area contributed by atoms with Crippen molar-refractivity contribution in [1.29, 1.82) is 0 Å². The van der Waals surface area contributed by atoms with Crippen molar-refractivity contribution in [2.75, 3.05) is 25.1 Å². The van der Waals surface area contributed by atoms with Gasteiger partial charge in [-0.25, -0.2) is 14.6 Å². The molecule has 0 bridgehead atoms. The second kappa shape index (κ2) is 7.75. The van der Waals surface area contributed by atoms with E-state index in [4.69, 9.17) is 21.4 Å². The lowest BCUT2D eigenvalue weighted by molar-refractivity contribution is 0.181. The molecule has 29 heavy (non-hydrogen) atoms. The lowest BCUT2D eigenvalue weighted by Gasteiger charge is -2.22. The Bertz CT molecular complexity index is 990. The maximum absolute atomic E-state index is 12.4. The van der Waals surface area contributed by atoms with Gasteiger partial charge in [-0.15, -0.1) is 0 Å². The van der Waals surface area contributed by atoms with E-state index in [-0.39, 0.29) is 18.2 Å². The van der Waals surface area contributed by atoms with Crippen LogP contribution in [0.15, 0.2) is 47.6 Å². The van der Waals surface area contributed by atoms with Crippen molar-refractivity contribution in [3.63, 3.8) is 0 Å². The zero-order valence-corrected chi connectivity index (χ0v) is 16.9. The number of hydrogen-bond acceptors (Lipinski definition) is 4. The highest BCUT2D eigenvalue weighted by Gasteiger charge is 2.29. The summed E-state index contributed by atoms with van der Waals surface area (Å²) in [5.41, 5.74) is 4.24. The zero-order valence-electron chi connectivity index (χ0n) is 16.2. The largest absolute Gasteiger partial charge is 0.447 e. The SMILES string of the molecule is CNC(=O)N1N=C(c2ccc(Cl)cc2)c2ccc(N3CCOC3=O)cc2CC1C. The summed E-state index contributed by atoms with van der Waals surface area (Å²) in [5.74, 6) is 0. The van der Waals surface area contributed by atoms with Gasteiger partial charge in [0.25, 0.3) is 0 Å². The molecule has 1 N–H and O–H groups in total. The molecule has 0 saturated carbocycles. The Balaban J connectivity index is 1.83. The molecule has 7 nitrogen and oxygen atoms in total. The predicted molar refractivity (Wildman–Crippen MR) is 112 cm³/mol. The van der Waals surface area contributed by atoms with Crippen LogP contribution in [-0.4, -0.2) is 49.1 Å². The molecule has 0 aromatic heterocycles. The van der Waals surface area contributed by atoms with Crippen molar-refractivity contribution in [3.05, 3.63) is 64.2 Å². The fraction of sp³-hybridized carbons (Fsp3) is 0.286. The minimum Gasteiger partial charge on any atom is -0.447 e. The van der Waals surface area contributed by atoms with Gasteiger partial charge in [-0.1, -0.05) is 29.8 Å². The summed E-state index contributed by atoms with van der Waals surface area (Å²) in [6.07, 6.45) is 0.255. The molecule has 150 valence electrons. The van der Waals surface area contributed by atoms with Gasteiger partial charge in [0.15, 0.2) is 0 Å². The summed E-state index contributed by atoms with van der Waals surface area (Å²) in [5, 5.41) is 9.45. The molecule has 1 fully saturated rings. The number of ether oxygens (including phenoxy) is 1. The first-order chi connectivity index (χ1) is 14.0. The number of fused-ring (bicyclic) bond motifs is 1. The third-order valence-corrected chi connectivity index (χ3v) is 5.35. The lowest BCUT2D eigenvalue weighted by Crippen LogP contribution is -2.41. The van der Waals surface area contributed by atoms with Crippen molar-refractivity contribution in [2.45, 2.75) is 19.4 Å². The summed E-state index contributed by atoms with van der Waals surface area (Å²) in [6, 6.07) is 12.7. The number of benzene rings is 2. The summed E-state index contributed by atoms with van der Waals surface area (Å²) < 4.78 is 5.06. The number of carbonyl (C=O) groups excluding carboxylic acids is 2. The van der Waals surface area contributed by atoms with Gasteiger partial charge >= 0.3 is 12.1 Å². The van der Waals surface area contributed by atoms with Crippen LogP contribution in [0.2, 0.25) is 5.02 Å². The number of hydrazone groups is 1. The molecule has 1 atom stereocenters. The van der Waals surface area contributed by atoms with Crippen LogP contribution in [0.5, 0.6) is 0 Å². The zero-order chi connectivity index (χ0) is 20.5. The molecule has 2 aromatic rings. The molecule has 4 rings (SSSR count). The van der Waals surface area contributed by atoms with Crippen molar-refractivity contribution in [3.8, 4) is 0 Å². The summed E-state index contributed by atoms with van der Waals surface area (Å²) >= 11 is 6.05. The Labute approximate surface area is 173 Å². The molecule has 2 aliphatic rings. The lowest BCUT2D eigenvalue weighted by atomic mass is 9.94. The fourth-order valence-electron chi connectivity index (χ4n) is 3.62. The van der Waals surface area contributed by atoms with Gasteiger partial charge in [0, 0.05) is 28.9 Å². The van der Waals surface area contributed by atoms with Gasteiger partial charge in [0.2, 0.25) is 0 Å². The van der Waals surface area contributed by atoms with Gasteiger partial charge in [-0.05, 0) is 43.2 Å². The van der Waals surface area contributed by atoms with Crippen LogP contribution in [0.4, 0.5) is 15.3 Å². The number of nitrogens with zero attached hydrogens (tertiary/aromatic N) is 3. The van der Waals surface area contributed by atoms with Crippen LogP contribution in [0.3, 0.4) is 0 Å². The summed E-state index contributed by atoms with van der Waals surface area (Å²) in [6.45, 7) is 2.86. The predicted octanol–water partition coefficient (Wildman–Crippen LogP) is 3.64. The van der Waals surface area contributed by atoms with E-state index in [2.05, 4.69) is 5.32 Å². The van der Waals surface area contributed by atoms with E-state index in [1.807, 2.05) is 37.3 Å². The Morgan fingerprint density at radius 1 is 1.24 bits per heavy atom. The number of halogens is 1. The average molecular weight is 413 g/mol. The average Bonchev–Trinajstić information content (AvgIpc) is 3.09. The second-order valence-electron chi connectivity index (χ2n) is 7.02. The van der Waals surface area contributed by atoms with Crippen LogP contribution in [0.1, 0.15) is 23.6 Å². The molecule has 0 radical (unpaired) electrons. The van der Waals surface area contributed by atoms with Crippen molar-refractivity contribution >= 4 is 35.1 Å². The minimum atomic E-state index is -0.342. The third kappa shape index (κ3) is 3.65. The number of cyclic esters (lactones) is 1. The van der Waals surface area contributed by atoms with Gasteiger partial charge in [0.1, 0.15) is 6.61 Å². The second-order valence-corrected chi connectivity index (χ2v) is 7.45. The van der Waals surface area contributed by atoms with E-state index in [1.165, 1.54) is 5.01 Å². The molecule has 1 saturated heterocycles. The number of hydrogen-bond donors (Lipinski definition) is 1. The monoisotopic (exact) mass is 412 g/mol. The van der Waals surface area contributed by atoms with E-state index >= 15 is 0 Å². The molecule has 0 aliphatic carbocycles. The summed E-state index contributed by atoms with van der Waals surface area (Å²) in [4.78, 5) is 26.0. The minimum absolute atomic E-state index is 0.167. The van der Waals surface area contributed by atoms with Crippen LogP contribution < -0.4 is 10.2 Å². The molecule has 2 heterocycles. The van der Waals surface area contributed by atoms with Crippen LogP contribution in [0.25, 0.3) is 0 Å². The number of amides is 3. The van der Waals surface area contributed by atoms with E-state index < -0.39 is 0 Å². The number of carbonyl (C=O) groups is 2. The van der Waals surface area contributed by atoms with Gasteiger partial charge < -0.3 is 10.1 Å². The number of nitrogens with one attached hydrogen (secondary N) is 1. The number of rotatable bonds is 2. The number of anilines is 1. The topological polar surface area (TPSA) is 74.2 Å². The van der Waals surface area contributed by atoms with Crippen LogP contribution in [-0.2, 0) is 11.2 Å². The standard InChI is InChI=1S/C21H21ClN4O3/c1-13-11-15-12-17(25-9-10-29-21(25)28)7-8-18(15)19(24-26(13)20(27)23-2)14-3-5-16(22)6-4-14/h3-8,12-13H,9-11H2,1-2H3,(H,23,27). The maximum atomic E-state index is 12.4. The first-order valence-electron chi connectivity index (χ1n) is 9.41. The fourth-order valence-corrected chi connectivity index (χ4v) is 3.75. The maximum Gasteiger partial charge on any atom is 0.414 e.